The van der Waals surface area contributed by atoms with E-state index in [1.807, 2.05) is 0 Å². The number of rotatable bonds is 4. The van der Waals surface area contributed by atoms with Crippen molar-refractivity contribution in [3.8, 4) is 0 Å². The van der Waals surface area contributed by atoms with E-state index in [2.05, 4.69) is 17.9 Å². The topological polar surface area (TPSA) is 46.5 Å². The van der Waals surface area contributed by atoms with Crippen molar-refractivity contribution in [1.29, 1.82) is 0 Å². The van der Waals surface area contributed by atoms with E-state index in [-0.39, 0.29) is 18.8 Å². The van der Waals surface area contributed by atoms with Crippen LogP contribution in [-0.4, -0.2) is 24.3 Å². The number of carbonyl (C=O) groups is 1. The predicted octanol–water partition coefficient (Wildman–Crippen LogP) is 0.264. The van der Waals surface area contributed by atoms with Gasteiger partial charge in [0.15, 0.2) is 0 Å². The number of hydrogen-bond donors (Lipinski definition) is 1. The van der Waals surface area contributed by atoms with Gasteiger partial charge in [-0.1, -0.05) is 19.2 Å². The first-order chi connectivity index (χ1) is 4.72. The summed E-state index contributed by atoms with van der Waals surface area (Å²) in [5.74, 6) is -0.581. The summed E-state index contributed by atoms with van der Waals surface area (Å²) in [5, 5.41) is 8.38. The first-order valence-electron chi connectivity index (χ1n) is 2.79. The normalized spacial score (nSPS) is 8.50. The molecule has 0 aromatic carbocycles. The zero-order valence-corrected chi connectivity index (χ0v) is 5.67. The maximum atomic E-state index is 10.6. The first kappa shape index (κ1) is 8.91. The third-order valence-corrected chi connectivity index (χ3v) is 0.812. The quantitative estimate of drug-likeness (QED) is 0.348. The molecule has 0 heterocycles. The van der Waals surface area contributed by atoms with Crippen molar-refractivity contribution in [3.63, 3.8) is 0 Å². The molecule has 0 saturated heterocycles. The van der Waals surface area contributed by atoms with Crippen LogP contribution in [0, 0.1) is 0 Å². The molecule has 0 fully saturated rings. The molecule has 0 unspecified atom stereocenters. The first-order valence-corrected chi connectivity index (χ1v) is 2.79. The van der Waals surface area contributed by atoms with Gasteiger partial charge in [-0.25, -0.2) is 4.79 Å². The fraction of sp³-hybridized carbons (Fsp3) is 0.286. The standard InChI is InChI=1S/C7H10O3/c1-3-4-10-7(9)6(2)5-8/h3,8H,1-2,4-5H2. The smallest absolute Gasteiger partial charge is 0.336 e. The third kappa shape index (κ3) is 3.04. The average molecular weight is 142 g/mol. The van der Waals surface area contributed by atoms with Crippen molar-refractivity contribution < 1.29 is 14.6 Å². The van der Waals surface area contributed by atoms with Crippen molar-refractivity contribution >= 4 is 5.97 Å². The van der Waals surface area contributed by atoms with Gasteiger partial charge < -0.3 is 9.84 Å². The van der Waals surface area contributed by atoms with Crippen molar-refractivity contribution in [2.45, 2.75) is 0 Å². The predicted molar refractivity (Wildman–Crippen MR) is 37.4 cm³/mol. The lowest BCUT2D eigenvalue weighted by atomic mass is 10.3. The van der Waals surface area contributed by atoms with Crippen LogP contribution < -0.4 is 0 Å². The number of hydrogen-bond acceptors (Lipinski definition) is 3. The van der Waals surface area contributed by atoms with Gasteiger partial charge in [0.1, 0.15) is 6.61 Å². The molecule has 0 aliphatic heterocycles. The maximum Gasteiger partial charge on any atom is 0.336 e. The average Bonchev–Trinajstić information content (AvgIpc) is 1.98. The van der Waals surface area contributed by atoms with E-state index in [4.69, 9.17) is 5.11 Å². The van der Waals surface area contributed by atoms with E-state index in [1.54, 1.807) is 0 Å². The Balaban J connectivity index is 3.62. The fourth-order valence-electron chi connectivity index (χ4n) is 0.301. The third-order valence-electron chi connectivity index (χ3n) is 0.812. The number of carbonyl (C=O) groups excluding carboxylic acids is 1. The summed E-state index contributed by atoms with van der Waals surface area (Å²) in [4.78, 5) is 10.6. The minimum absolute atomic E-state index is 0.0573. The summed E-state index contributed by atoms with van der Waals surface area (Å²) < 4.78 is 4.53. The molecule has 0 spiro atoms. The summed E-state index contributed by atoms with van der Waals surface area (Å²) in [5.41, 5.74) is 0.0573. The lowest BCUT2D eigenvalue weighted by Gasteiger charge is -2.00. The van der Waals surface area contributed by atoms with Gasteiger partial charge in [-0.3, -0.25) is 0 Å². The maximum absolute atomic E-state index is 10.6. The molecule has 10 heavy (non-hydrogen) atoms. The van der Waals surface area contributed by atoms with Crippen LogP contribution in [0.4, 0.5) is 0 Å². The van der Waals surface area contributed by atoms with Gasteiger partial charge in [0, 0.05) is 0 Å². The monoisotopic (exact) mass is 142 g/mol. The van der Waals surface area contributed by atoms with Crippen molar-refractivity contribution in [1.82, 2.24) is 0 Å². The zero-order valence-electron chi connectivity index (χ0n) is 5.67. The van der Waals surface area contributed by atoms with Crippen molar-refractivity contribution in [2.75, 3.05) is 13.2 Å². The molecule has 0 aliphatic carbocycles. The molecule has 3 heteroatoms. The molecule has 0 bridgehead atoms. The lowest BCUT2D eigenvalue weighted by Crippen LogP contribution is -2.09. The molecule has 56 valence electrons. The summed E-state index contributed by atoms with van der Waals surface area (Å²) in [7, 11) is 0. The van der Waals surface area contributed by atoms with Crippen LogP contribution in [0.15, 0.2) is 24.8 Å². The molecule has 0 aromatic rings. The lowest BCUT2D eigenvalue weighted by molar-refractivity contribution is -0.138. The van der Waals surface area contributed by atoms with Crippen LogP contribution in [0.2, 0.25) is 0 Å². The van der Waals surface area contributed by atoms with Crippen LogP contribution in [0.5, 0.6) is 0 Å². The molecule has 0 rings (SSSR count). The summed E-state index contributed by atoms with van der Waals surface area (Å²) >= 11 is 0. The molecular weight excluding hydrogens is 132 g/mol. The van der Waals surface area contributed by atoms with Gasteiger partial charge in [0.2, 0.25) is 0 Å². The molecule has 1 N–H and O–H groups in total. The second kappa shape index (κ2) is 4.76. The van der Waals surface area contributed by atoms with Crippen LogP contribution in [0.25, 0.3) is 0 Å². The molecule has 0 saturated carbocycles. The largest absolute Gasteiger partial charge is 0.458 e. The molecule has 0 amide bonds. The van der Waals surface area contributed by atoms with Crippen LogP contribution in [-0.2, 0) is 9.53 Å². The molecule has 0 radical (unpaired) electrons. The van der Waals surface area contributed by atoms with E-state index >= 15 is 0 Å². The molecule has 0 aromatic heterocycles. The van der Waals surface area contributed by atoms with Gasteiger partial charge in [0.05, 0.1) is 12.2 Å². The Morgan fingerprint density at radius 3 is 2.70 bits per heavy atom. The highest BCUT2D eigenvalue weighted by atomic mass is 16.5. The molecular formula is C7H10O3. The minimum atomic E-state index is -0.581. The van der Waals surface area contributed by atoms with Crippen molar-refractivity contribution in [3.05, 3.63) is 24.8 Å². The summed E-state index contributed by atoms with van der Waals surface area (Å²) in [6.45, 7) is 6.40. The second-order valence-electron chi connectivity index (χ2n) is 1.65. The van der Waals surface area contributed by atoms with Gasteiger partial charge in [-0.2, -0.15) is 0 Å². The Labute approximate surface area is 59.6 Å². The van der Waals surface area contributed by atoms with E-state index in [9.17, 15) is 4.79 Å². The van der Waals surface area contributed by atoms with Crippen LogP contribution in [0.3, 0.4) is 0 Å². The van der Waals surface area contributed by atoms with Gasteiger partial charge in [0.25, 0.3) is 0 Å². The highest BCUT2D eigenvalue weighted by molar-refractivity contribution is 5.87. The Hall–Kier alpha value is -1.09. The van der Waals surface area contributed by atoms with E-state index in [1.165, 1.54) is 6.08 Å². The van der Waals surface area contributed by atoms with Crippen molar-refractivity contribution in [2.24, 2.45) is 0 Å². The zero-order chi connectivity index (χ0) is 7.98. The van der Waals surface area contributed by atoms with E-state index < -0.39 is 5.97 Å². The summed E-state index contributed by atoms with van der Waals surface area (Å²) in [6.07, 6.45) is 1.45. The molecule has 0 aliphatic rings. The Bertz CT molecular complexity index is 149. The van der Waals surface area contributed by atoms with E-state index in [0.717, 1.165) is 0 Å². The number of aliphatic hydroxyl groups is 1. The van der Waals surface area contributed by atoms with E-state index in [0.29, 0.717) is 0 Å². The SMILES string of the molecule is C=CCOC(=O)C(=C)CO. The van der Waals surface area contributed by atoms with Crippen LogP contribution in [0.1, 0.15) is 0 Å². The summed E-state index contributed by atoms with van der Waals surface area (Å²) in [6, 6.07) is 0. The van der Waals surface area contributed by atoms with Gasteiger partial charge in [-0.15, -0.1) is 0 Å². The Morgan fingerprint density at radius 1 is 1.70 bits per heavy atom. The second-order valence-corrected chi connectivity index (χ2v) is 1.65. The molecule has 0 atom stereocenters. The van der Waals surface area contributed by atoms with Gasteiger partial charge >= 0.3 is 5.97 Å². The minimum Gasteiger partial charge on any atom is -0.458 e. The number of aliphatic hydroxyl groups excluding tert-OH is 1. The highest BCUT2D eigenvalue weighted by Crippen LogP contribution is 1.91. The van der Waals surface area contributed by atoms with Gasteiger partial charge in [-0.05, 0) is 0 Å². The fourth-order valence-corrected chi connectivity index (χ4v) is 0.301. The Kier molecular flexibility index (Phi) is 4.24. The Morgan fingerprint density at radius 2 is 2.30 bits per heavy atom. The van der Waals surface area contributed by atoms with Crippen LogP contribution >= 0.6 is 0 Å². The number of esters is 1. The highest BCUT2D eigenvalue weighted by Gasteiger charge is 2.04. The number of ether oxygens (including phenoxy) is 1. The molecule has 3 nitrogen and oxygen atoms in total.